The van der Waals surface area contributed by atoms with Gasteiger partial charge >= 0.3 is 0 Å². The summed E-state index contributed by atoms with van der Waals surface area (Å²) in [5.41, 5.74) is 1.38. The molecule has 0 aromatic rings. The van der Waals surface area contributed by atoms with Crippen LogP contribution in [0.3, 0.4) is 0 Å². The van der Waals surface area contributed by atoms with Crippen molar-refractivity contribution in [3.63, 3.8) is 0 Å². The van der Waals surface area contributed by atoms with Gasteiger partial charge in [0.15, 0.2) is 0 Å². The minimum Gasteiger partial charge on any atom is -0.375 e. The number of ether oxygens (including phenoxy) is 1. The summed E-state index contributed by atoms with van der Waals surface area (Å²) in [5, 5.41) is 0. The Hall–Kier alpha value is -0.0400. The third-order valence-corrected chi connectivity index (χ3v) is 6.53. The van der Waals surface area contributed by atoms with Crippen LogP contribution in [0.4, 0.5) is 0 Å². The highest BCUT2D eigenvalue weighted by Gasteiger charge is 2.55. The van der Waals surface area contributed by atoms with Crippen molar-refractivity contribution in [1.29, 1.82) is 0 Å². The van der Waals surface area contributed by atoms with E-state index in [1.165, 1.54) is 32.1 Å². The molecule has 1 nitrogen and oxygen atoms in total. The van der Waals surface area contributed by atoms with Crippen LogP contribution in [-0.2, 0) is 4.74 Å². The number of fused-ring (bicyclic) bond motifs is 1. The number of rotatable bonds is 4. The normalized spacial score (nSPS) is 45.5. The van der Waals surface area contributed by atoms with E-state index in [9.17, 15) is 0 Å². The molecule has 18 heavy (non-hydrogen) atoms. The fraction of sp³-hybridized carbons (Fsp3) is 1.00. The van der Waals surface area contributed by atoms with Crippen LogP contribution in [0.2, 0.25) is 0 Å². The molecule has 1 heteroatoms. The molecule has 0 aromatic heterocycles. The lowest BCUT2D eigenvalue weighted by atomic mass is 9.75. The molecule has 4 unspecified atom stereocenters. The second-order valence-corrected chi connectivity index (χ2v) is 8.83. The van der Waals surface area contributed by atoms with Gasteiger partial charge in [-0.05, 0) is 74.5 Å². The number of hydrogen-bond donors (Lipinski definition) is 0. The molecule has 0 bridgehead atoms. The molecule has 0 spiro atoms. The monoisotopic (exact) mass is 250 g/mol. The summed E-state index contributed by atoms with van der Waals surface area (Å²) in [5.74, 6) is 2.61. The first-order valence-corrected chi connectivity index (χ1v) is 7.87. The van der Waals surface area contributed by atoms with Crippen LogP contribution in [0.15, 0.2) is 0 Å². The summed E-state index contributed by atoms with van der Waals surface area (Å²) >= 11 is 0. The molecule has 0 N–H and O–H groups in total. The van der Waals surface area contributed by atoms with E-state index in [1.807, 2.05) is 0 Å². The highest BCUT2D eigenvalue weighted by atomic mass is 16.5. The molecular weight excluding hydrogens is 220 g/mol. The van der Waals surface area contributed by atoms with Gasteiger partial charge in [0.25, 0.3) is 0 Å². The minimum absolute atomic E-state index is 0.0998. The molecule has 0 amide bonds. The van der Waals surface area contributed by atoms with Gasteiger partial charge in [0.05, 0.1) is 12.2 Å². The first-order valence-electron chi connectivity index (χ1n) is 7.87. The van der Waals surface area contributed by atoms with Crippen molar-refractivity contribution in [3.8, 4) is 0 Å². The van der Waals surface area contributed by atoms with Gasteiger partial charge in [-0.15, -0.1) is 0 Å². The molecule has 0 saturated heterocycles. The Morgan fingerprint density at radius 1 is 1.17 bits per heavy atom. The van der Waals surface area contributed by atoms with Gasteiger partial charge in [-0.3, -0.25) is 0 Å². The van der Waals surface area contributed by atoms with Crippen LogP contribution < -0.4 is 0 Å². The van der Waals surface area contributed by atoms with Crippen LogP contribution in [0.25, 0.3) is 0 Å². The third kappa shape index (κ3) is 2.24. The van der Waals surface area contributed by atoms with Crippen molar-refractivity contribution in [2.75, 3.05) is 6.61 Å². The zero-order valence-electron chi connectivity index (χ0n) is 12.9. The standard InChI is InChI=1S/C17H30O/c1-15(2)9-14(15)11-18-16(3,4)12-6-7-17(5)10-13(17)8-12/h12-14H,6-11H2,1-5H3. The van der Waals surface area contributed by atoms with Crippen LogP contribution in [-0.4, -0.2) is 12.2 Å². The Balaban J connectivity index is 1.51. The van der Waals surface area contributed by atoms with E-state index < -0.39 is 0 Å². The van der Waals surface area contributed by atoms with Crippen molar-refractivity contribution in [2.45, 2.75) is 72.3 Å². The topological polar surface area (TPSA) is 9.23 Å². The van der Waals surface area contributed by atoms with E-state index >= 15 is 0 Å². The molecule has 3 aliphatic rings. The molecule has 0 radical (unpaired) electrons. The zero-order valence-corrected chi connectivity index (χ0v) is 12.9. The van der Waals surface area contributed by atoms with Crippen LogP contribution >= 0.6 is 0 Å². The fourth-order valence-electron chi connectivity index (χ4n) is 4.07. The number of hydrogen-bond acceptors (Lipinski definition) is 1. The quantitative estimate of drug-likeness (QED) is 0.705. The maximum absolute atomic E-state index is 6.33. The predicted octanol–water partition coefficient (Wildman–Crippen LogP) is 4.65. The average Bonchev–Trinajstić information content (AvgIpc) is 3.09. The SMILES string of the molecule is CC1(C)CC1COC(C)(C)C1CCC2(C)CC2C1. The second-order valence-electron chi connectivity index (χ2n) is 8.83. The third-order valence-electron chi connectivity index (χ3n) is 6.53. The van der Waals surface area contributed by atoms with E-state index in [2.05, 4.69) is 34.6 Å². The van der Waals surface area contributed by atoms with Crippen molar-refractivity contribution < 1.29 is 4.74 Å². The summed E-state index contributed by atoms with van der Waals surface area (Å²) in [6.07, 6.45) is 7.07. The van der Waals surface area contributed by atoms with Crippen LogP contribution in [0.5, 0.6) is 0 Å². The van der Waals surface area contributed by atoms with Crippen molar-refractivity contribution in [1.82, 2.24) is 0 Å². The van der Waals surface area contributed by atoms with E-state index in [4.69, 9.17) is 4.74 Å². The summed E-state index contributed by atoms with van der Waals surface area (Å²) in [6.45, 7) is 12.9. The van der Waals surface area contributed by atoms with E-state index in [1.54, 1.807) is 0 Å². The summed E-state index contributed by atoms with van der Waals surface area (Å²) in [4.78, 5) is 0. The van der Waals surface area contributed by atoms with Crippen LogP contribution in [0.1, 0.15) is 66.7 Å². The van der Waals surface area contributed by atoms with Crippen LogP contribution in [0, 0.1) is 28.6 Å². The molecule has 3 saturated carbocycles. The summed E-state index contributed by atoms with van der Waals surface area (Å²) in [6, 6.07) is 0. The van der Waals surface area contributed by atoms with Gasteiger partial charge in [0.2, 0.25) is 0 Å². The molecule has 3 aliphatic carbocycles. The van der Waals surface area contributed by atoms with E-state index in [0.717, 1.165) is 29.8 Å². The first kappa shape index (κ1) is 13.0. The predicted molar refractivity (Wildman–Crippen MR) is 75.5 cm³/mol. The molecule has 3 fully saturated rings. The molecule has 4 atom stereocenters. The zero-order chi connectivity index (χ0) is 13.2. The fourth-order valence-corrected chi connectivity index (χ4v) is 4.07. The van der Waals surface area contributed by atoms with Gasteiger partial charge in [0, 0.05) is 0 Å². The molecular formula is C17H30O. The van der Waals surface area contributed by atoms with Crippen molar-refractivity contribution in [2.24, 2.45) is 28.6 Å². The van der Waals surface area contributed by atoms with Gasteiger partial charge in [-0.1, -0.05) is 20.8 Å². The van der Waals surface area contributed by atoms with Crippen molar-refractivity contribution in [3.05, 3.63) is 0 Å². The van der Waals surface area contributed by atoms with Gasteiger partial charge in [-0.2, -0.15) is 0 Å². The molecule has 104 valence electrons. The average molecular weight is 250 g/mol. The Kier molecular flexibility index (Phi) is 2.70. The second kappa shape index (κ2) is 3.75. The first-order chi connectivity index (χ1) is 8.23. The molecule has 0 aromatic carbocycles. The van der Waals surface area contributed by atoms with E-state index in [0.29, 0.717) is 5.41 Å². The lowest BCUT2D eigenvalue weighted by molar-refractivity contribution is -0.0800. The van der Waals surface area contributed by atoms with Crippen molar-refractivity contribution >= 4 is 0 Å². The Bertz CT molecular complexity index is 344. The molecule has 0 heterocycles. The smallest absolute Gasteiger partial charge is 0.0654 e. The Morgan fingerprint density at radius 3 is 2.39 bits per heavy atom. The highest BCUT2D eigenvalue weighted by molar-refractivity contribution is 5.05. The maximum Gasteiger partial charge on any atom is 0.0654 e. The lowest BCUT2D eigenvalue weighted by Crippen LogP contribution is -2.38. The van der Waals surface area contributed by atoms with Gasteiger partial charge in [0.1, 0.15) is 0 Å². The maximum atomic E-state index is 6.33. The Labute approximate surface area is 113 Å². The Morgan fingerprint density at radius 2 is 1.83 bits per heavy atom. The molecule has 0 aliphatic heterocycles. The minimum atomic E-state index is 0.0998. The largest absolute Gasteiger partial charge is 0.375 e. The van der Waals surface area contributed by atoms with E-state index in [-0.39, 0.29) is 5.60 Å². The van der Waals surface area contributed by atoms with Gasteiger partial charge < -0.3 is 4.74 Å². The highest BCUT2D eigenvalue weighted by Crippen LogP contribution is 2.63. The molecule has 3 rings (SSSR count). The summed E-state index contributed by atoms with van der Waals surface area (Å²) < 4.78 is 6.33. The summed E-state index contributed by atoms with van der Waals surface area (Å²) in [7, 11) is 0. The lowest BCUT2D eigenvalue weighted by Gasteiger charge is -2.38. The van der Waals surface area contributed by atoms with Gasteiger partial charge in [-0.25, -0.2) is 0 Å².